The number of nitrogens with zero attached hydrogens (tertiary/aromatic N) is 2. The van der Waals surface area contributed by atoms with Crippen molar-refractivity contribution in [3.63, 3.8) is 0 Å². The number of ether oxygens (including phenoxy) is 1. The van der Waals surface area contributed by atoms with Crippen LogP contribution >= 0.6 is 11.3 Å². The molecule has 0 saturated carbocycles. The maximum Gasteiger partial charge on any atom is 0.358 e. The predicted octanol–water partition coefficient (Wildman–Crippen LogP) is 3.94. The Morgan fingerprint density at radius 2 is 1.89 bits per heavy atom. The first-order valence-electron chi connectivity index (χ1n) is 8.71. The summed E-state index contributed by atoms with van der Waals surface area (Å²) in [5.74, 6) is -0.804. The van der Waals surface area contributed by atoms with E-state index in [0.29, 0.717) is 0 Å². The third-order valence-corrected chi connectivity index (χ3v) is 5.43. The van der Waals surface area contributed by atoms with Gasteiger partial charge in [0.05, 0.1) is 0 Å². The van der Waals surface area contributed by atoms with Gasteiger partial charge in [0.1, 0.15) is 5.01 Å². The lowest BCUT2D eigenvalue weighted by atomic mass is 10.1. The predicted molar refractivity (Wildman–Crippen MR) is 105 cm³/mol. The largest absolute Gasteiger partial charge is 0.451 e. The molecule has 5 nitrogen and oxygen atoms in total. The first-order valence-corrected chi connectivity index (χ1v) is 9.59. The second-order valence-electron chi connectivity index (χ2n) is 6.43. The van der Waals surface area contributed by atoms with E-state index in [1.165, 1.54) is 11.3 Å². The standard InChI is InChI=1S/C21H18N2O3S/c1-14-11-16-9-5-6-10-18(16)23(14)19(24)12-26-21(25)17-13-27-20(22-17)15-7-3-2-4-8-15/h2-10,13-14H,11-12H2,1H3/t14-/m0/s1. The maximum absolute atomic E-state index is 12.6. The molecule has 3 aromatic rings. The molecule has 0 fully saturated rings. The second kappa shape index (κ2) is 7.32. The van der Waals surface area contributed by atoms with Crippen molar-refractivity contribution in [2.45, 2.75) is 19.4 Å². The van der Waals surface area contributed by atoms with Crippen LogP contribution in [0.25, 0.3) is 10.6 Å². The molecule has 6 heteroatoms. The Kier molecular flexibility index (Phi) is 4.73. The highest BCUT2D eigenvalue weighted by Gasteiger charge is 2.31. The summed E-state index contributed by atoms with van der Waals surface area (Å²) in [7, 11) is 0. The number of carbonyl (C=O) groups is 2. The van der Waals surface area contributed by atoms with Gasteiger partial charge in [0.15, 0.2) is 12.3 Å². The Morgan fingerprint density at radius 3 is 2.70 bits per heavy atom. The summed E-state index contributed by atoms with van der Waals surface area (Å²) in [4.78, 5) is 30.9. The Labute approximate surface area is 161 Å². The molecule has 0 bridgehead atoms. The molecule has 0 aliphatic carbocycles. The number of rotatable bonds is 4. The molecule has 4 rings (SSSR count). The van der Waals surface area contributed by atoms with Gasteiger partial charge in [0.25, 0.3) is 5.91 Å². The Bertz CT molecular complexity index is 984. The molecule has 0 radical (unpaired) electrons. The molecule has 27 heavy (non-hydrogen) atoms. The number of aromatic nitrogens is 1. The number of anilines is 1. The van der Waals surface area contributed by atoms with E-state index in [0.717, 1.165) is 28.2 Å². The molecule has 1 amide bonds. The van der Waals surface area contributed by atoms with Gasteiger partial charge < -0.3 is 9.64 Å². The lowest BCUT2D eigenvalue weighted by molar-refractivity contribution is -0.122. The number of benzene rings is 2. The van der Waals surface area contributed by atoms with E-state index in [1.807, 2.05) is 61.5 Å². The fraction of sp³-hybridized carbons (Fsp3) is 0.190. The van der Waals surface area contributed by atoms with Gasteiger partial charge in [-0.15, -0.1) is 11.3 Å². The summed E-state index contributed by atoms with van der Waals surface area (Å²) in [6, 6.07) is 17.5. The summed E-state index contributed by atoms with van der Waals surface area (Å²) < 4.78 is 5.23. The van der Waals surface area contributed by atoms with Crippen LogP contribution in [-0.2, 0) is 16.0 Å². The number of hydrogen-bond acceptors (Lipinski definition) is 5. The molecule has 2 aromatic carbocycles. The number of esters is 1. The molecule has 2 heterocycles. The third kappa shape index (κ3) is 3.48. The van der Waals surface area contributed by atoms with Crippen molar-refractivity contribution in [1.29, 1.82) is 0 Å². The van der Waals surface area contributed by atoms with Crippen LogP contribution in [0.1, 0.15) is 23.0 Å². The normalized spacial score (nSPS) is 15.4. The lowest BCUT2D eigenvalue weighted by Gasteiger charge is -2.22. The van der Waals surface area contributed by atoms with Crippen molar-refractivity contribution in [3.05, 3.63) is 71.2 Å². The highest BCUT2D eigenvalue weighted by Crippen LogP contribution is 2.31. The average molecular weight is 378 g/mol. The number of thiazole rings is 1. The summed E-state index contributed by atoms with van der Waals surface area (Å²) >= 11 is 1.37. The minimum atomic E-state index is -0.582. The van der Waals surface area contributed by atoms with Gasteiger partial charge in [-0.2, -0.15) is 0 Å². The molecule has 0 unspecified atom stereocenters. The van der Waals surface area contributed by atoms with Crippen molar-refractivity contribution in [3.8, 4) is 10.6 Å². The maximum atomic E-state index is 12.6. The minimum absolute atomic E-state index is 0.0533. The zero-order valence-electron chi connectivity index (χ0n) is 14.8. The van der Waals surface area contributed by atoms with E-state index in [1.54, 1.807) is 10.3 Å². The summed E-state index contributed by atoms with van der Waals surface area (Å²) in [5.41, 5.74) is 3.20. The quantitative estimate of drug-likeness (QED) is 0.645. The van der Waals surface area contributed by atoms with Crippen molar-refractivity contribution in [2.24, 2.45) is 0 Å². The van der Waals surface area contributed by atoms with Crippen LogP contribution in [0.5, 0.6) is 0 Å². The monoisotopic (exact) mass is 378 g/mol. The summed E-state index contributed by atoms with van der Waals surface area (Å²) in [6.45, 7) is 1.70. The third-order valence-electron chi connectivity index (χ3n) is 4.54. The van der Waals surface area contributed by atoms with Gasteiger partial charge in [-0.05, 0) is 25.0 Å². The number of carbonyl (C=O) groups excluding carboxylic acids is 2. The van der Waals surface area contributed by atoms with Gasteiger partial charge in [-0.3, -0.25) is 4.79 Å². The number of amides is 1. The molecule has 0 N–H and O–H groups in total. The average Bonchev–Trinajstić information content (AvgIpc) is 3.30. The van der Waals surface area contributed by atoms with Crippen molar-refractivity contribution >= 4 is 28.9 Å². The highest BCUT2D eigenvalue weighted by atomic mass is 32.1. The SMILES string of the molecule is C[C@H]1Cc2ccccc2N1C(=O)COC(=O)c1csc(-c2ccccc2)n1. The Hall–Kier alpha value is -2.99. The van der Waals surface area contributed by atoms with E-state index < -0.39 is 5.97 Å². The number of para-hydroxylation sites is 1. The number of fused-ring (bicyclic) bond motifs is 1. The molecular formula is C21H18N2O3S. The molecule has 0 saturated heterocycles. The van der Waals surface area contributed by atoms with E-state index in [4.69, 9.17) is 4.74 Å². The Morgan fingerprint density at radius 1 is 1.15 bits per heavy atom. The van der Waals surface area contributed by atoms with Crippen LogP contribution in [0.4, 0.5) is 5.69 Å². The summed E-state index contributed by atoms with van der Waals surface area (Å²) in [6.07, 6.45) is 0.808. The van der Waals surface area contributed by atoms with Gasteiger partial charge in [-0.25, -0.2) is 9.78 Å². The zero-order valence-corrected chi connectivity index (χ0v) is 15.6. The fourth-order valence-corrected chi connectivity index (χ4v) is 4.09. The Balaban J connectivity index is 1.41. The molecular weight excluding hydrogens is 360 g/mol. The molecule has 1 atom stereocenters. The van der Waals surface area contributed by atoms with E-state index in [9.17, 15) is 9.59 Å². The molecule has 1 aliphatic rings. The van der Waals surface area contributed by atoms with Crippen molar-refractivity contribution in [1.82, 2.24) is 4.98 Å². The molecule has 0 spiro atoms. The summed E-state index contributed by atoms with van der Waals surface area (Å²) in [5, 5.41) is 2.40. The molecule has 136 valence electrons. The van der Waals surface area contributed by atoms with Crippen LogP contribution in [0.15, 0.2) is 60.0 Å². The van der Waals surface area contributed by atoms with Crippen LogP contribution in [0, 0.1) is 0 Å². The van der Waals surface area contributed by atoms with E-state index in [2.05, 4.69) is 4.98 Å². The zero-order chi connectivity index (χ0) is 18.8. The topological polar surface area (TPSA) is 59.5 Å². The van der Waals surface area contributed by atoms with Crippen molar-refractivity contribution in [2.75, 3.05) is 11.5 Å². The van der Waals surface area contributed by atoms with Crippen molar-refractivity contribution < 1.29 is 14.3 Å². The van der Waals surface area contributed by atoms with Gasteiger partial charge in [-0.1, -0.05) is 48.5 Å². The van der Waals surface area contributed by atoms with Gasteiger partial charge >= 0.3 is 5.97 Å². The van der Waals surface area contributed by atoms with Gasteiger partial charge in [0.2, 0.25) is 0 Å². The first kappa shape index (κ1) is 17.4. The van der Waals surface area contributed by atoms with Gasteiger partial charge in [0, 0.05) is 22.7 Å². The first-order chi connectivity index (χ1) is 13.1. The smallest absolute Gasteiger partial charge is 0.358 e. The van der Waals surface area contributed by atoms with Crippen LogP contribution in [-0.4, -0.2) is 29.5 Å². The van der Waals surface area contributed by atoms with Crippen LogP contribution in [0.2, 0.25) is 0 Å². The molecule has 1 aromatic heterocycles. The number of hydrogen-bond donors (Lipinski definition) is 0. The molecule has 1 aliphatic heterocycles. The highest BCUT2D eigenvalue weighted by molar-refractivity contribution is 7.13. The van der Waals surface area contributed by atoms with Crippen LogP contribution in [0.3, 0.4) is 0 Å². The minimum Gasteiger partial charge on any atom is -0.451 e. The second-order valence-corrected chi connectivity index (χ2v) is 7.28. The fourth-order valence-electron chi connectivity index (χ4n) is 3.30. The van der Waals surface area contributed by atoms with E-state index >= 15 is 0 Å². The lowest BCUT2D eigenvalue weighted by Crippen LogP contribution is -2.38. The van der Waals surface area contributed by atoms with E-state index in [-0.39, 0.29) is 24.2 Å². The van der Waals surface area contributed by atoms with Crippen LogP contribution < -0.4 is 4.90 Å².